The summed E-state index contributed by atoms with van der Waals surface area (Å²) in [5.74, 6) is -1.11. The van der Waals surface area contributed by atoms with Crippen LogP contribution in [0.15, 0.2) is 47.4 Å². The summed E-state index contributed by atoms with van der Waals surface area (Å²) in [6.45, 7) is 1.94. The summed E-state index contributed by atoms with van der Waals surface area (Å²) in [6, 6.07) is 12.3. The van der Waals surface area contributed by atoms with Gasteiger partial charge in [-0.15, -0.1) is 11.3 Å². The summed E-state index contributed by atoms with van der Waals surface area (Å²) in [6.07, 6.45) is 3.79. The third-order valence-corrected chi connectivity index (χ3v) is 7.38. The zero-order chi connectivity index (χ0) is 20.9. The lowest BCUT2D eigenvalue weighted by atomic mass is 9.51. The Morgan fingerprint density at radius 1 is 1.33 bits per heavy atom. The van der Waals surface area contributed by atoms with Crippen molar-refractivity contribution in [3.05, 3.63) is 69.9 Å². The monoisotopic (exact) mass is 416 g/mol. The number of nitriles is 1. The van der Waals surface area contributed by atoms with Gasteiger partial charge >= 0.3 is 0 Å². The molecule has 0 N–H and O–H groups in total. The topological polar surface area (TPSA) is 88.6 Å². The van der Waals surface area contributed by atoms with Gasteiger partial charge in [0.1, 0.15) is 11.6 Å². The molecule has 2 unspecified atom stereocenters. The van der Waals surface area contributed by atoms with Crippen molar-refractivity contribution >= 4 is 23.0 Å². The molecule has 1 fully saturated rings. The van der Waals surface area contributed by atoms with Crippen LogP contribution in [0.2, 0.25) is 0 Å². The first-order valence-corrected chi connectivity index (χ1v) is 11.0. The number of carbonyl (C=O) groups excluding carboxylic acids is 2. The zero-order valence-corrected chi connectivity index (χ0v) is 17.3. The van der Waals surface area contributed by atoms with Gasteiger partial charge in [0, 0.05) is 22.9 Å². The number of benzene rings is 1. The highest BCUT2D eigenvalue weighted by Gasteiger charge is 2.56. The Labute approximate surface area is 178 Å². The highest BCUT2D eigenvalue weighted by molar-refractivity contribution is 7.07. The Morgan fingerprint density at radius 3 is 2.83 bits per heavy atom. The van der Waals surface area contributed by atoms with Gasteiger partial charge in [-0.3, -0.25) is 9.59 Å². The molecule has 2 aliphatic rings. The smallest absolute Gasteiger partial charge is 0.297 e. The van der Waals surface area contributed by atoms with Gasteiger partial charge in [-0.25, -0.2) is 9.67 Å². The van der Waals surface area contributed by atoms with Crippen molar-refractivity contribution in [2.45, 2.75) is 31.6 Å². The van der Waals surface area contributed by atoms with Crippen molar-refractivity contribution in [1.82, 2.24) is 14.8 Å². The van der Waals surface area contributed by atoms with E-state index in [1.54, 1.807) is 17.1 Å². The van der Waals surface area contributed by atoms with Crippen LogP contribution < -0.4 is 0 Å². The first kappa shape index (κ1) is 18.9. The number of Topliss-reactive ketones (excluding diaryl/α,β-unsaturated/α-hetero) is 1. The van der Waals surface area contributed by atoms with E-state index < -0.39 is 11.3 Å². The van der Waals surface area contributed by atoms with E-state index in [4.69, 9.17) is 5.10 Å². The maximum absolute atomic E-state index is 12.9. The number of hydrogen-bond donors (Lipinski definition) is 0. The summed E-state index contributed by atoms with van der Waals surface area (Å²) < 4.78 is 1.38. The first-order valence-electron chi connectivity index (χ1n) is 10.1. The molecule has 150 valence electrons. The number of thiazole rings is 1. The third kappa shape index (κ3) is 2.60. The van der Waals surface area contributed by atoms with E-state index in [0.717, 1.165) is 29.7 Å². The normalized spacial score (nSPS) is 27.7. The molecular formula is C23H20N4O2S. The fourth-order valence-corrected chi connectivity index (χ4v) is 5.94. The number of aryl methyl sites for hydroxylation is 1. The second kappa shape index (κ2) is 6.99. The molecule has 6 nitrogen and oxygen atoms in total. The fourth-order valence-electron chi connectivity index (χ4n) is 5.42. The largest absolute Gasteiger partial charge is 0.298 e. The highest BCUT2D eigenvalue weighted by Crippen LogP contribution is 2.55. The molecule has 2 heterocycles. The van der Waals surface area contributed by atoms with Crippen molar-refractivity contribution in [1.29, 1.82) is 5.26 Å². The van der Waals surface area contributed by atoms with Gasteiger partial charge in [0.2, 0.25) is 0 Å². The molecule has 7 heteroatoms. The summed E-state index contributed by atoms with van der Waals surface area (Å²) in [7, 11) is 0. The number of carbonyl (C=O) groups is 2. The van der Waals surface area contributed by atoms with E-state index in [2.05, 4.69) is 23.2 Å². The summed E-state index contributed by atoms with van der Waals surface area (Å²) in [4.78, 5) is 29.9. The number of rotatable bonds is 2. The van der Waals surface area contributed by atoms with Crippen LogP contribution in [0.4, 0.5) is 0 Å². The van der Waals surface area contributed by atoms with Crippen LogP contribution in [0.1, 0.15) is 47.1 Å². The predicted octanol–water partition coefficient (Wildman–Crippen LogP) is 3.63. The van der Waals surface area contributed by atoms with Crippen LogP contribution in [-0.4, -0.2) is 26.5 Å². The number of fused-ring (bicyclic) bond motifs is 3. The van der Waals surface area contributed by atoms with E-state index in [-0.39, 0.29) is 23.5 Å². The fraction of sp³-hybridized carbons (Fsp3) is 0.348. The lowest BCUT2D eigenvalue weighted by Gasteiger charge is -2.50. The van der Waals surface area contributed by atoms with Crippen molar-refractivity contribution in [3.63, 3.8) is 0 Å². The SMILES string of the molecule is C[C@@H]1C(=O)C(C#N)C[C@@]2(c3ccccc3)c3nn(C(=O)c4cscn4)cc3CCC12. The van der Waals surface area contributed by atoms with Gasteiger partial charge in [0.15, 0.2) is 5.78 Å². The minimum absolute atomic E-state index is 0.0236. The average Bonchev–Trinajstić information content (AvgIpc) is 3.46. The van der Waals surface area contributed by atoms with Gasteiger partial charge in [-0.05, 0) is 36.3 Å². The zero-order valence-electron chi connectivity index (χ0n) is 16.5. The molecule has 0 aliphatic heterocycles. The standard InChI is InChI=1S/C23H20N4O2S/c1-14-18-8-7-15-11-27(22(29)19-12-30-13-25-19)26-21(15)23(18,9-16(10-24)20(14)28)17-5-3-2-4-6-17/h2-6,11-14,16,18H,7-9H2,1H3/t14-,16?,18?,23-/m0/s1. The second-order valence-corrected chi connectivity index (χ2v) is 8.90. The molecule has 0 saturated heterocycles. The molecular weight excluding hydrogens is 396 g/mol. The van der Waals surface area contributed by atoms with E-state index in [9.17, 15) is 14.9 Å². The molecule has 3 aromatic rings. The van der Waals surface area contributed by atoms with Gasteiger partial charge in [0.05, 0.1) is 17.3 Å². The lowest BCUT2D eigenvalue weighted by Crippen LogP contribution is -2.52. The van der Waals surface area contributed by atoms with Crippen LogP contribution >= 0.6 is 11.3 Å². The third-order valence-electron chi connectivity index (χ3n) is 6.80. The molecule has 2 aromatic heterocycles. The van der Waals surface area contributed by atoms with Crippen LogP contribution in [0.3, 0.4) is 0 Å². The minimum atomic E-state index is -0.679. The van der Waals surface area contributed by atoms with Crippen LogP contribution in [0.5, 0.6) is 0 Å². The predicted molar refractivity (Wildman–Crippen MR) is 111 cm³/mol. The Hall–Kier alpha value is -3.11. The van der Waals surface area contributed by atoms with Crippen LogP contribution in [0.25, 0.3) is 0 Å². The molecule has 0 bridgehead atoms. The summed E-state index contributed by atoms with van der Waals surface area (Å²) in [5.41, 5.74) is 4.33. The number of hydrogen-bond acceptors (Lipinski definition) is 6. The molecule has 1 saturated carbocycles. The maximum atomic E-state index is 12.9. The Morgan fingerprint density at radius 2 is 2.13 bits per heavy atom. The molecule has 1 aromatic carbocycles. The summed E-state index contributed by atoms with van der Waals surface area (Å²) in [5, 5.41) is 16.2. The Kier molecular flexibility index (Phi) is 4.40. The Balaban J connectivity index is 1.71. The van der Waals surface area contributed by atoms with Gasteiger partial charge in [0.25, 0.3) is 5.91 Å². The maximum Gasteiger partial charge on any atom is 0.297 e. The number of nitrogens with zero attached hydrogens (tertiary/aromatic N) is 4. The highest BCUT2D eigenvalue weighted by atomic mass is 32.1. The number of aromatic nitrogens is 3. The van der Waals surface area contributed by atoms with E-state index >= 15 is 0 Å². The molecule has 4 atom stereocenters. The van der Waals surface area contributed by atoms with E-state index in [0.29, 0.717) is 12.1 Å². The molecule has 0 spiro atoms. The van der Waals surface area contributed by atoms with Crippen molar-refractivity contribution < 1.29 is 9.59 Å². The van der Waals surface area contributed by atoms with Gasteiger partial charge in [-0.2, -0.15) is 10.4 Å². The van der Waals surface area contributed by atoms with E-state index in [1.807, 2.05) is 25.1 Å². The second-order valence-electron chi connectivity index (χ2n) is 8.19. The van der Waals surface area contributed by atoms with Crippen molar-refractivity contribution in [2.24, 2.45) is 17.8 Å². The number of ketones is 1. The quantitative estimate of drug-likeness (QED) is 0.637. The molecule has 0 radical (unpaired) electrons. The summed E-state index contributed by atoms with van der Waals surface area (Å²) >= 11 is 1.37. The van der Waals surface area contributed by atoms with Gasteiger partial charge < -0.3 is 0 Å². The van der Waals surface area contributed by atoms with Crippen LogP contribution in [-0.2, 0) is 16.6 Å². The van der Waals surface area contributed by atoms with Crippen molar-refractivity contribution in [3.8, 4) is 6.07 Å². The molecule has 2 aliphatic carbocycles. The minimum Gasteiger partial charge on any atom is -0.298 e. The Bertz CT molecular complexity index is 1160. The first-order chi connectivity index (χ1) is 14.6. The average molecular weight is 417 g/mol. The molecule has 0 amide bonds. The van der Waals surface area contributed by atoms with E-state index in [1.165, 1.54) is 16.0 Å². The van der Waals surface area contributed by atoms with Crippen molar-refractivity contribution in [2.75, 3.05) is 0 Å². The molecule has 30 heavy (non-hydrogen) atoms. The van der Waals surface area contributed by atoms with Gasteiger partial charge in [-0.1, -0.05) is 37.3 Å². The van der Waals surface area contributed by atoms with Crippen LogP contribution in [0, 0.1) is 29.1 Å². The molecule has 5 rings (SSSR count). The lowest BCUT2D eigenvalue weighted by molar-refractivity contribution is -0.131.